The van der Waals surface area contributed by atoms with Crippen LogP contribution in [0.25, 0.3) is 0 Å². The molecule has 4 fully saturated rings. The third kappa shape index (κ3) is 2.67. The number of nitrogens with one attached hydrogen (secondary N) is 1. The Hall–Kier alpha value is -1.95. The third-order valence-corrected chi connectivity index (χ3v) is 9.80. The summed E-state index contributed by atoms with van der Waals surface area (Å²) in [5.74, 6) is -0.303. The van der Waals surface area contributed by atoms with Crippen molar-refractivity contribution in [2.24, 2.45) is 40.9 Å². The molecule has 1 aromatic carbocycles. The average molecular weight is 450 g/mol. The van der Waals surface area contributed by atoms with Crippen molar-refractivity contribution in [3.63, 3.8) is 0 Å². The van der Waals surface area contributed by atoms with Crippen molar-refractivity contribution >= 4 is 5.91 Å². The second-order valence-corrected chi connectivity index (χ2v) is 11.4. The second-order valence-electron chi connectivity index (χ2n) is 11.4. The maximum atomic E-state index is 14.0. The molecule has 5 heteroatoms. The van der Waals surface area contributed by atoms with Crippen LogP contribution in [-0.2, 0) is 16.0 Å². The van der Waals surface area contributed by atoms with E-state index >= 15 is 0 Å². The van der Waals surface area contributed by atoms with Gasteiger partial charge in [-0.3, -0.25) is 4.79 Å². The smallest absolute Gasteiger partial charge is 0.229 e. The molecule has 0 radical (unpaired) electrons. The van der Waals surface area contributed by atoms with E-state index < -0.39 is 17.6 Å². The Balaban J connectivity index is 1.50. The van der Waals surface area contributed by atoms with Gasteiger partial charge in [-0.2, -0.15) is 0 Å². The zero-order valence-electron chi connectivity index (χ0n) is 19.6. The van der Waals surface area contributed by atoms with Crippen LogP contribution in [0, 0.1) is 40.9 Å². The van der Waals surface area contributed by atoms with Gasteiger partial charge in [0.1, 0.15) is 0 Å². The van der Waals surface area contributed by atoms with E-state index in [0.29, 0.717) is 12.3 Å². The quantitative estimate of drug-likeness (QED) is 0.607. The van der Waals surface area contributed by atoms with Crippen LogP contribution < -0.4 is 5.32 Å². The van der Waals surface area contributed by atoms with Crippen LogP contribution in [0.5, 0.6) is 0 Å². The summed E-state index contributed by atoms with van der Waals surface area (Å²) in [6.07, 6.45) is 1.37. The first kappa shape index (κ1) is 21.6. The number of allylic oxidation sites excluding steroid dienone is 1. The van der Waals surface area contributed by atoms with Gasteiger partial charge in [0.25, 0.3) is 0 Å². The van der Waals surface area contributed by atoms with Crippen molar-refractivity contribution in [1.29, 1.82) is 0 Å². The molecule has 3 N–H and O–H groups in total. The zero-order chi connectivity index (χ0) is 23.2. The zero-order valence-corrected chi connectivity index (χ0v) is 19.6. The van der Waals surface area contributed by atoms with Crippen molar-refractivity contribution in [3.05, 3.63) is 59.7 Å². The Morgan fingerprint density at radius 2 is 1.91 bits per heavy atom. The summed E-state index contributed by atoms with van der Waals surface area (Å²) in [4.78, 5) is 14.0. The lowest BCUT2D eigenvalue weighted by Gasteiger charge is -2.58. The van der Waals surface area contributed by atoms with Crippen LogP contribution in [0.1, 0.15) is 32.8 Å². The summed E-state index contributed by atoms with van der Waals surface area (Å²) in [5.41, 5.74) is 2.25. The van der Waals surface area contributed by atoms with Crippen LogP contribution in [-0.4, -0.2) is 46.6 Å². The predicted molar refractivity (Wildman–Crippen MR) is 125 cm³/mol. The molecule has 3 aliphatic carbocycles. The number of carbonyl (C=O) groups is 1. The second kappa shape index (κ2) is 7.27. The SMILES string of the molecule is C=C1[C@@H](C)[C@H]2[C@H](Cc3ccccc3)NC(=O)[C@]23[C@H](O)[C@H](O)[C@H]2C(C)=C[C@@H](C)C[C@H]4O[C@H]1[C@@H]3C42. The highest BCUT2D eigenvalue weighted by atomic mass is 16.5. The first-order valence-electron chi connectivity index (χ1n) is 12.5. The maximum absolute atomic E-state index is 14.0. The van der Waals surface area contributed by atoms with E-state index in [1.807, 2.05) is 18.2 Å². The molecule has 1 unspecified atom stereocenters. The standard InChI is InChI=1S/C28H35NO4/c1-13-10-14(2)20-21-19(11-13)33-25-16(4)15(3)22-18(12-17-8-6-5-7-9-17)29-27(32)28(22,23(21)25)26(31)24(20)30/h5-10,13,15,18-26,30-31H,4,11-12H2,1-3H3,(H,29,32)/t13-,15-,18+,19-,20+,21?,22+,23+,24-,25-,26-,28-/m1/s1. The summed E-state index contributed by atoms with van der Waals surface area (Å²) >= 11 is 0. The molecule has 1 aromatic rings. The van der Waals surface area contributed by atoms with E-state index in [4.69, 9.17) is 4.74 Å². The monoisotopic (exact) mass is 449 g/mol. The Bertz CT molecular complexity index is 1020. The van der Waals surface area contributed by atoms with E-state index in [1.54, 1.807) is 0 Å². The molecule has 6 rings (SSSR count). The van der Waals surface area contributed by atoms with Crippen molar-refractivity contribution in [1.82, 2.24) is 5.32 Å². The Labute approximate surface area is 195 Å². The van der Waals surface area contributed by atoms with Gasteiger partial charge in [0.15, 0.2) is 0 Å². The van der Waals surface area contributed by atoms with Crippen molar-refractivity contribution in [2.75, 3.05) is 0 Å². The average Bonchev–Trinajstić information content (AvgIpc) is 3.23. The molecule has 2 saturated carbocycles. The highest BCUT2D eigenvalue weighted by Gasteiger charge is 2.77. The van der Waals surface area contributed by atoms with Crippen LogP contribution >= 0.6 is 0 Å². The summed E-state index contributed by atoms with van der Waals surface area (Å²) in [7, 11) is 0. The molecule has 1 spiro atoms. The maximum Gasteiger partial charge on any atom is 0.229 e. The summed E-state index contributed by atoms with van der Waals surface area (Å²) in [6.45, 7) is 10.9. The molecule has 2 heterocycles. The Morgan fingerprint density at radius 3 is 2.64 bits per heavy atom. The molecule has 2 saturated heterocycles. The molecular weight excluding hydrogens is 414 g/mol. The topological polar surface area (TPSA) is 78.8 Å². The van der Waals surface area contributed by atoms with Gasteiger partial charge in [-0.1, -0.05) is 62.4 Å². The molecular formula is C28H35NO4. The minimum Gasteiger partial charge on any atom is -0.390 e. The number of benzene rings is 1. The van der Waals surface area contributed by atoms with Crippen LogP contribution in [0.2, 0.25) is 0 Å². The molecule has 5 nitrogen and oxygen atoms in total. The molecule has 5 aliphatic rings. The van der Waals surface area contributed by atoms with E-state index in [-0.39, 0.29) is 53.7 Å². The van der Waals surface area contributed by atoms with Gasteiger partial charge >= 0.3 is 0 Å². The number of carbonyl (C=O) groups excluding carboxylic acids is 1. The number of amides is 1. The molecule has 176 valence electrons. The number of ether oxygens (including phenoxy) is 1. The largest absolute Gasteiger partial charge is 0.390 e. The fraction of sp³-hybridized carbons (Fsp3) is 0.607. The lowest BCUT2D eigenvalue weighted by Crippen LogP contribution is -2.68. The minimum absolute atomic E-state index is 0.00238. The minimum atomic E-state index is -1.13. The number of aliphatic hydroxyl groups excluding tert-OH is 2. The molecule has 0 bridgehead atoms. The highest BCUT2D eigenvalue weighted by molar-refractivity contribution is 5.88. The molecule has 1 amide bonds. The number of hydrogen-bond donors (Lipinski definition) is 3. The van der Waals surface area contributed by atoms with Gasteiger partial charge in [-0.25, -0.2) is 0 Å². The first-order valence-corrected chi connectivity index (χ1v) is 12.5. The summed E-state index contributed by atoms with van der Waals surface area (Å²) in [5, 5.41) is 26.7. The fourth-order valence-corrected chi connectivity index (χ4v) is 8.69. The van der Waals surface area contributed by atoms with Crippen LogP contribution in [0.15, 0.2) is 54.1 Å². The molecule has 33 heavy (non-hydrogen) atoms. The van der Waals surface area contributed by atoms with Crippen LogP contribution in [0.4, 0.5) is 0 Å². The summed E-state index contributed by atoms with van der Waals surface area (Å²) in [6, 6.07) is 10.1. The number of rotatable bonds is 2. The van der Waals surface area contributed by atoms with E-state index in [2.05, 4.69) is 50.9 Å². The summed E-state index contributed by atoms with van der Waals surface area (Å²) < 4.78 is 6.70. The van der Waals surface area contributed by atoms with Crippen LogP contribution in [0.3, 0.4) is 0 Å². The molecule has 2 aliphatic heterocycles. The van der Waals surface area contributed by atoms with Gasteiger partial charge in [0.2, 0.25) is 5.91 Å². The van der Waals surface area contributed by atoms with Gasteiger partial charge in [0, 0.05) is 29.7 Å². The lowest BCUT2D eigenvalue weighted by molar-refractivity contribution is -0.196. The van der Waals surface area contributed by atoms with Gasteiger partial charge < -0.3 is 20.3 Å². The number of aliphatic hydroxyl groups is 2. The predicted octanol–water partition coefficient (Wildman–Crippen LogP) is 2.87. The van der Waals surface area contributed by atoms with Gasteiger partial charge in [-0.15, -0.1) is 0 Å². The van der Waals surface area contributed by atoms with Crippen molar-refractivity contribution in [3.8, 4) is 0 Å². The Morgan fingerprint density at radius 1 is 1.18 bits per heavy atom. The fourth-order valence-electron chi connectivity index (χ4n) is 8.69. The van der Waals surface area contributed by atoms with E-state index in [9.17, 15) is 15.0 Å². The molecule has 12 atom stereocenters. The molecule has 0 aromatic heterocycles. The van der Waals surface area contributed by atoms with Crippen molar-refractivity contribution in [2.45, 2.75) is 64.1 Å². The third-order valence-electron chi connectivity index (χ3n) is 9.80. The van der Waals surface area contributed by atoms with Gasteiger partial charge in [-0.05, 0) is 42.7 Å². The van der Waals surface area contributed by atoms with Gasteiger partial charge in [0.05, 0.1) is 29.8 Å². The van der Waals surface area contributed by atoms with Crippen molar-refractivity contribution < 1.29 is 19.7 Å². The number of hydrogen-bond acceptors (Lipinski definition) is 4. The van der Waals surface area contributed by atoms with E-state index in [0.717, 1.165) is 23.1 Å². The van der Waals surface area contributed by atoms with E-state index in [1.165, 1.54) is 0 Å². The first-order chi connectivity index (χ1) is 15.8. The normalized spacial score (nSPS) is 50.2. The Kier molecular flexibility index (Phi) is 4.75. The highest BCUT2D eigenvalue weighted by Crippen LogP contribution is 2.68. The lowest BCUT2D eigenvalue weighted by atomic mass is 9.44.